The molecule has 1 aromatic carbocycles. The number of carboxylic acid groups (broad SMARTS) is 1. The van der Waals surface area contributed by atoms with Crippen molar-refractivity contribution in [1.29, 1.82) is 0 Å². The van der Waals surface area contributed by atoms with E-state index in [9.17, 15) is 24.3 Å². The first-order chi connectivity index (χ1) is 16.1. The van der Waals surface area contributed by atoms with Crippen LogP contribution in [0.5, 0.6) is 0 Å². The Bertz CT molecular complexity index is 1070. The third kappa shape index (κ3) is 5.54. The van der Waals surface area contributed by atoms with Crippen molar-refractivity contribution in [3.63, 3.8) is 0 Å². The minimum absolute atomic E-state index is 0.221. The van der Waals surface area contributed by atoms with Crippen molar-refractivity contribution in [2.45, 2.75) is 63.4 Å². The van der Waals surface area contributed by atoms with Crippen LogP contribution in [-0.4, -0.2) is 80.6 Å². The van der Waals surface area contributed by atoms with E-state index in [0.29, 0.717) is 12.8 Å². The first kappa shape index (κ1) is 25.2. The Kier molecular flexibility index (Phi) is 7.90. The lowest BCUT2D eigenvalue weighted by molar-refractivity contribution is -0.145. The monoisotopic (exact) mass is 473 g/mol. The number of nitrogens with zero attached hydrogens (tertiary/aromatic N) is 1. The second kappa shape index (κ2) is 10.7. The minimum atomic E-state index is -1.30. The van der Waals surface area contributed by atoms with Gasteiger partial charge in [-0.2, -0.15) is 0 Å². The number of aromatic nitrogens is 1. The average Bonchev–Trinajstić information content (AvgIpc) is 3.44. The molecule has 184 valence electrons. The first-order valence-electron chi connectivity index (χ1n) is 11.2. The van der Waals surface area contributed by atoms with Gasteiger partial charge in [0.05, 0.1) is 12.1 Å². The summed E-state index contributed by atoms with van der Waals surface area (Å²) in [5.41, 5.74) is 7.87. The predicted octanol–water partition coefficient (Wildman–Crippen LogP) is -0.516. The summed E-state index contributed by atoms with van der Waals surface area (Å²) >= 11 is 0. The summed E-state index contributed by atoms with van der Waals surface area (Å²) in [6.07, 6.45) is 1.65. The number of hydrogen-bond acceptors (Lipinski definition) is 6. The van der Waals surface area contributed by atoms with Crippen LogP contribution >= 0.6 is 0 Å². The summed E-state index contributed by atoms with van der Waals surface area (Å²) in [5, 5.41) is 25.1. The second-order valence-electron chi connectivity index (χ2n) is 8.66. The maximum Gasteiger partial charge on any atom is 0.325 e. The van der Waals surface area contributed by atoms with Crippen molar-refractivity contribution in [2.75, 3.05) is 6.54 Å². The number of carbonyl (C=O) groups is 4. The third-order valence-electron chi connectivity index (χ3n) is 6.07. The Hall–Kier alpha value is -3.44. The third-order valence-corrected chi connectivity index (χ3v) is 6.07. The average molecular weight is 474 g/mol. The molecule has 0 spiro atoms. The molecule has 0 bridgehead atoms. The van der Waals surface area contributed by atoms with E-state index in [2.05, 4.69) is 15.6 Å². The van der Waals surface area contributed by atoms with Crippen molar-refractivity contribution < 1.29 is 29.4 Å². The first-order valence-corrected chi connectivity index (χ1v) is 11.2. The SMILES string of the molecule is CC(NC(=O)C1CCCN1C(=O)C(NC(=O)C(N)Cc1c[nH]c2ccccc12)C(C)O)C(=O)O. The van der Waals surface area contributed by atoms with E-state index >= 15 is 0 Å². The van der Waals surface area contributed by atoms with Crippen LogP contribution in [0.4, 0.5) is 0 Å². The van der Waals surface area contributed by atoms with Crippen LogP contribution in [0.3, 0.4) is 0 Å². The molecule has 1 aliphatic rings. The van der Waals surface area contributed by atoms with Gasteiger partial charge in [0.2, 0.25) is 17.7 Å². The number of nitrogens with one attached hydrogen (secondary N) is 3. The number of H-pyrrole nitrogens is 1. The van der Waals surface area contributed by atoms with Gasteiger partial charge in [-0.25, -0.2) is 0 Å². The molecule has 0 aliphatic carbocycles. The quantitative estimate of drug-likeness (QED) is 0.284. The molecular formula is C23H31N5O6. The molecule has 3 amide bonds. The molecule has 5 atom stereocenters. The van der Waals surface area contributed by atoms with Gasteiger partial charge in [-0.1, -0.05) is 18.2 Å². The molecule has 7 N–H and O–H groups in total. The van der Waals surface area contributed by atoms with Crippen LogP contribution in [0.15, 0.2) is 30.5 Å². The molecule has 1 fully saturated rings. The number of carboxylic acids is 1. The molecule has 1 saturated heterocycles. The van der Waals surface area contributed by atoms with Crippen LogP contribution in [0.25, 0.3) is 10.9 Å². The summed E-state index contributed by atoms with van der Waals surface area (Å²) in [6.45, 7) is 2.94. The molecule has 0 saturated carbocycles. The zero-order chi connectivity index (χ0) is 25.0. The van der Waals surface area contributed by atoms with Crippen LogP contribution in [0, 0.1) is 0 Å². The number of benzene rings is 1. The van der Waals surface area contributed by atoms with Gasteiger partial charge in [0.1, 0.15) is 18.1 Å². The molecule has 3 rings (SSSR count). The summed E-state index contributed by atoms with van der Waals surface area (Å²) in [4.78, 5) is 54.0. The van der Waals surface area contributed by atoms with Crippen LogP contribution in [0.1, 0.15) is 32.3 Å². The van der Waals surface area contributed by atoms with Gasteiger partial charge in [0.15, 0.2) is 0 Å². The van der Waals surface area contributed by atoms with Crippen molar-refractivity contribution in [3.8, 4) is 0 Å². The second-order valence-corrected chi connectivity index (χ2v) is 8.66. The van der Waals surface area contributed by atoms with Crippen molar-refractivity contribution >= 4 is 34.6 Å². The number of likely N-dealkylation sites (tertiary alicyclic amines) is 1. The van der Waals surface area contributed by atoms with Crippen LogP contribution < -0.4 is 16.4 Å². The highest BCUT2D eigenvalue weighted by atomic mass is 16.4. The standard InChI is InChI=1S/C23H31N5O6/c1-12(23(33)34)26-21(31)18-8-5-9-28(18)22(32)19(13(2)29)27-20(30)16(24)10-14-11-25-17-7-4-3-6-15(14)17/h3-4,6-7,11-13,16,18-19,25,29H,5,8-10,24H2,1-2H3,(H,26,31)(H,27,30)(H,33,34). The number of rotatable bonds is 9. The lowest BCUT2D eigenvalue weighted by Crippen LogP contribution is -2.59. The largest absolute Gasteiger partial charge is 0.480 e. The van der Waals surface area contributed by atoms with Gasteiger partial charge < -0.3 is 36.5 Å². The number of aliphatic carboxylic acids is 1. The molecular weight excluding hydrogens is 442 g/mol. The summed E-state index contributed by atoms with van der Waals surface area (Å²) < 4.78 is 0. The lowest BCUT2D eigenvalue weighted by atomic mass is 10.0. The molecule has 2 heterocycles. The lowest BCUT2D eigenvalue weighted by Gasteiger charge is -2.30. The van der Waals surface area contributed by atoms with E-state index in [0.717, 1.165) is 16.5 Å². The van der Waals surface area contributed by atoms with Crippen molar-refractivity contribution in [1.82, 2.24) is 20.5 Å². The Labute approximate surface area is 196 Å². The Morgan fingerprint density at radius 1 is 1.21 bits per heavy atom. The number of aromatic amines is 1. The number of aliphatic hydroxyl groups excluding tert-OH is 1. The number of nitrogens with two attached hydrogens (primary N) is 1. The van der Waals surface area contributed by atoms with Gasteiger partial charge in [-0.05, 0) is 44.7 Å². The van der Waals surface area contributed by atoms with E-state index in [1.807, 2.05) is 24.3 Å². The number of aliphatic hydroxyl groups is 1. The number of carbonyl (C=O) groups excluding carboxylic acids is 3. The van der Waals surface area contributed by atoms with E-state index in [4.69, 9.17) is 10.8 Å². The number of hydrogen-bond donors (Lipinski definition) is 6. The molecule has 2 aromatic rings. The Balaban J connectivity index is 1.67. The highest BCUT2D eigenvalue weighted by Crippen LogP contribution is 2.21. The summed E-state index contributed by atoms with van der Waals surface area (Å²) in [6, 6.07) is 3.33. The Morgan fingerprint density at radius 3 is 2.59 bits per heavy atom. The highest BCUT2D eigenvalue weighted by Gasteiger charge is 2.40. The maximum absolute atomic E-state index is 13.2. The minimum Gasteiger partial charge on any atom is -0.480 e. The van der Waals surface area contributed by atoms with E-state index in [1.165, 1.54) is 18.7 Å². The van der Waals surface area contributed by atoms with Crippen LogP contribution in [-0.2, 0) is 25.6 Å². The highest BCUT2D eigenvalue weighted by molar-refractivity contribution is 5.95. The molecule has 34 heavy (non-hydrogen) atoms. The fraction of sp³-hybridized carbons (Fsp3) is 0.478. The number of amides is 3. The van der Waals surface area contributed by atoms with E-state index in [-0.39, 0.29) is 13.0 Å². The fourth-order valence-electron chi connectivity index (χ4n) is 4.13. The normalized spacial score (nSPS) is 19.3. The van der Waals surface area contributed by atoms with Gasteiger partial charge in [-0.3, -0.25) is 19.2 Å². The molecule has 1 aromatic heterocycles. The van der Waals surface area contributed by atoms with Gasteiger partial charge in [-0.15, -0.1) is 0 Å². The zero-order valence-electron chi connectivity index (χ0n) is 19.2. The number of fused-ring (bicyclic) bond motifs is 1. The maximum atomic E-state index is 13.2. The van der Waals surface area contributed by atoms with Gasteiger partial charge in [0.25, 0.3) is 0 Å². The predicted molar refractivity (Wildman–Crippen MR) is 124 cm³/mol. The van der Waals surface area contributed by atoms with E-state index < -0.39 is 54.0 Å². The number of para-hydroxylation sites is 1. The smallest absolute Gasteiger partial charge is 0.325 e. The summed E-state index contributed by atoms with van der Waals surface area (Å²) in [7, 11) is 0. The van der Waals surface area contributed by atoms with E-state index in [1.54, 1.807) is 6.20 Å². The fourth-order valence-corrected chi connectivity index (χ4v) is 4.13. The molecule has 5 unspecified atom stereocenters. The molecule has 1 aliphatic heterocycles. The Morgan fingerprint density at radius 2 is 1.91 bits per heavy atom. The van der Waals surface area contributed by atoms with Crippen LogP contribution in [0.2, 0.25) is 0 Å². The molecule has 0 radical (unpaired) electrons. The van der Waals surface area contributed by atoms with Gasteiger partial charge >= 0.3 is 5.97 Å². The van der Waals surface area contributed by atoms with Crippen molar-refractivity contribution in [3.05, 3.63) is 36.0 Å². The topological polar surface area (TPSA) is 178 Å². The van der Waals surface area contributed by atoms with Crippen molar-refractivity contribution in [2.24, 2.45) is 5.73 Å². The van der Waals surface area contributed by atoms with Gasteiger partial charge in [0, 0.05) is 23.6 Å². The summed E-state index contributed by atoms with van der Waals surface area (Å²) in [5.74, 6) is -3.01. The molecule has 11 nitrogen and oxygen atoms in total. The zero-order valence-corrected chi connectivity index (χ0v) is 19.2. The molecule has 11 heteroatoms.